The van der Waals surface area contributed by atoms with Gasteiger partial charge in [-0.2, -0.15) is 5.10 Å². The summed E-state index contributed by atoms with van der Waals surface area (Å²) in [7, 11) is 0. The Labute approximate surface area is 117 Å². The first kappa shape index (κ1) is 14.5. The molecule has 1 unspecified atom stereocenters. The fourth-order valence-corrected chi connectivity index (χ4v) is 2.94. The molecule has 1 aromatic rings. The number of aromatic nitrogens is 2. The number of hydrogen-bond donors (Lipinski definition) is 1. The number of rotatable bonds is 7. The zero-order chi connectivity index (χ0) is 13.5. The molecule has 1 aromatic heterocycles. The second-order valence-electron chi connectivity index (χ2n) is 5.64. The van der Waals surface area contributed by atoms with E-state index in [0.717, 1.165) is 25.4 Å². The third-order valence-electron chi connectivity index (χ3n) is 4.38. The van der Waals surface area contributed by atoms with Crippen molar-refractivity contribution in [2.24, 2.45) is 5.92 Å². The molecule has 0 saturated carbocycles. The lowest BCUT2D eigenvalue weighted by Gasteiger charge is -2.34. The third-order valence-corrected chi connectivity index (χ3v) is 4.38. The van der Waals surface area contributed by atoms with Crippen LogP contribution in [-0.2, 0) is 6.54 Å². The van der Waals surface area contributed by atoms with Gasteiger partial charge in [-0.3, -0.25) is 4.68 Å². The van der Waals surface area contributed by atoms with Crippen LogP contribution in [-0.4, -0.2) is 46.9 Å². The molecule has 1 aliphatic rings. The van der Waals surface area contributed by atoms with Gasteiger partial charge in [0.25, 0.3) is 0 Å². The van der Waals surface area contributed by atoms with Crippen LogP contribution >= 0.6 is 0 Å². The van der Waals surface area contributed by atoms with Crippen molar-refractivity contribution in [2.45, 2.75) is 45.7 Å². The van der Waals surface area contributed by atoms with Crippen LogP contribution < -0.4 is 5.32 Å². The van der Waals surface area contributed by atoms with Crippen molar-refractivity contribution in [3.05, 3.63) is 18.5 Å². The molecule has 1 fully saturated rings. The zero-order valence-corrected chi connectivity index (χ0v) is 12.4. The molecule has 1 aliphatic heterocycles. The van der Waals surface area contributed by atoms with E-state index in [-0.39, 0.29) is 0 Å². The van der Waals surface area contributed by atoms with Gasteiger partial charge < -0.3 is 10.2 Å². The molecule has 108 valence electrons. The van der Waals surface area contributed by atoms with Crippen molar-refractivity contribution in [2.75, 3.05) is 26.2 Å². The first-order valence-corrected chi connectivity index (χ1v) is 7.72. The molecular formula is C15H28N4. The van der Waals surface area contributed by atoms with Crippen molar-refractivity contribution in [3.63, 3.8) is 0 Å². The fourth-order valence-electron chi connectivity index (χ4n) is 2.94. The number of piperidine rings is 1. The Balaban J connectivity index is 1.58. The molecule has 2 heterocycles. The van der Waals surface area contributed by atoms with E-state index < -0.39 is 0 Å². The van der Waals surface area contributed by atoms with Gasteiger partial charge in [-0.25, -0.2) is 0 Å². The summed E-state index contributed by atoms with van der Waals surface area (Å²) < 4.78 is 2.01. The van der Waals surface area contributed by atoms with E-state index in [1.807, 2.05) is 23.1 Å². The summed E-state index contributed by atoms with van der Waals surface area (Å²) in [6.07, 6.45) is 7.73. The molecule has 1 N–H and O–H groups in total. The third kappa shape index (κ3) is 4.62. The SMILES string of the molecule is CCN1CCC(C(C)NCCCn2cccn2)CC1. The normalized spacial score (nSPS) is 19.7. The molecule has 4 heteroatoms. The van der Waals surface area contributed by atoms with Gasteiger partial charge in [0.15, 0.2) is 0 Å². The smallest absolute Gasteiger partial charge is 0.0489 e. The summed E-state index contributed by atoms with van der Waals surface area (Å²) in [4.78, 5) is 2.56. The fraction of sp³-hybridized carbons (Fsp3) is 0.800. The van der Waals surface area contributed by atoms with E-state index in [2.05, 4.69) is 29.2 Å². The Bertz CT molecular complexity index is 328. The number of nitrogens with one attached hydrogen (secondary N) is 1. The highest BCUT2D eigenvalue weighted by Crippen LogP contribution is 2.20. The highest BCUT2D eigenvalue weighted by molar-refractivity contribution is 4.80. The van der Waals surface area contributed by atoms with Crippen LogP contribution in [0.1, 0.15) is 33.1 Å². The van der Waals surface area contributed by atoms with Gasteiger partial charge in [0, 0.05) is 25.0 Å². The van der Waals surface area contributed by atoms with Crippen LogP contribution in [0.5, 0.6) is 0 Å². The first-order chi connectivity index (χ1) is 9.29. The van der Waals surface area contributed by atoms with Gasteiger partial charge >= 0.3 is 0 Å². The Kier molecular flexibility index (Phi) is 5.86. The Morgan fingerprint density at radius 3 is 2.79 bits per heavy atom. The Morgan fingerprint density at radius 1 is 1.37 bits per heavy atom. The van der Waals surface area contributed by atoms with Crippen LogP contribution in [0.25, 0.3) is 0 Å². The van der Waals surface area contributed by atoms with Crippen molar-refractivity contribution < 1.29 is 0 Å². The van der Waals surface area contributed by atoms with Crippen molar-refractivity contribution in [1.29, 1.82) is 0 Å². The second kappa shape index (κ2) is 7.65. The molecule has 0 radical (unpaired) electrons. The van der Waals surface area contributed by atoms with Crippen LogP contribution in [0, 0.1) is 5.92 Å². The minimum absolute atomic E-state index is 0.650. The average molecular weight is 264 g/mol. The predicted molar refractivity (Wildman–Crippen MR) is 79.1 cm³/mol. The van der Waals surface area contributed by atoms with E-state index in [0.29, 0.717) is 6.04 Å². The van der Waals surface area contributed by atoms with E-state index in [4.69, 9.17) is 0 Å². The van der Waals surface area contributed by atoms with Crippen LogP contribution in [0.3, 0.4) is 0 Å². The lowest BCUT2D eigenvalue weighted by molar-refractivity contribution is 0.169. The van der Waals surface area contributed by atoms with Gasteiger partial charge in [0.2, 0.25) is 0 Å². The molecule has 0 aliphatic carbocycles. The topological polar surface area (TPSA) is 33.1 Å². The maximum absolute atomic E-state index is 4.22. The number of hydrogen-bond acceptors (Lipinski definition) is 3. The molecule has 4 nitrogen and oxygen atoms in total. The summed E-state index contributed by atoms with van der Waals surface area (Å²) in [5.41, 5.74) is 0. The van der Waals surface area contributed by atoms with Crippen molar-refractivity contribution in [3.8, 4) is 0 Å². The predicted octanol–water partition coefficient (Wildman–Crippen LogP) is 1.98. The molecule has 0 spiro atoms. The van der Waals surface area contributed by atoms with Crippen LogP contribution in [0.15, 0.2) is 18.5 Å². The molecular weight excluding hydrogens is 236 g/mol. The lowest BCUT2D eigenvalue weighted by atomic mass is 9.90. The standard InChI is InChI=1S/C15H28N4/c1-3-18-12-6-15(7-13-18)14(2)16-8-4-10-19-11-5-9-17-19/h5,9,11,14-16H,3-4,6-8,10,12-13H2,1-2H3. The summed E-state index contributed by atoms with van der Waals surface area (Å²) in [5.74, 6) is 0.854. The molecule has 1 saturated heterocycles. The van der Waals surface area contributed by atoms with Crippen LogP contribution in [0.4, 0.5) is 0 Å². The lowest BCUT2D eigenvalue weighted by Crippen LogP contribution is -2.42. The highest BCUT2D eigenvalue weighted by atomic mass is 15.3. The van der Waals surface area contributed by atoms with Gasteiger partial charge in [0.1, 0.15) is 0 Å². The van der Waals surface area contributed by atoms with Gasteiger partial charge in [0.05, 0.1) is 0 Å². The Morgan fingerprint density at radius 2 is 2.16 bits per heavy atom. The quantitative estimate of drug-likeness (QED) is 0.765. The van der Waals surface area contributed by atoms with Crippen LogP contribution in [0.2, 0.25) is 0 Å². The molecule has 1 atom stereocenters. The molecule has 19 heavy (non-hydrogen) atoms. The number of likely N-dealkylation sites (tertiary alicyclic amines) is 1. The number of aryl methyl sites for hydroxylation is 1. The maximum Gasteiger partial charge on any atom is 0.0489 e. The van der Waals surface area contributed by atoms with E-state index in [1.54, 1.807) is 0 Å². The van der Waals surface area contributed by atoms with Crippen molar-refractivity contribution in [1.82, 2.24) is 20.0 Å². The summed E-state index contributed by atoms with van der Waals surface area (Å²) >= 11 is 0. The summed E-state index contributed by atoms with van der Waals surface area (Å²) in [5, 5.41) is 7.91. The van der Waals surface area contributed by atoms with Crippen molar-refractivity contribution >= 4 is 0 Å². The zero-order valence-electron chi connectivity index (χ0n) is 12.4. The largest absolute Gasteiger partial charge is 0.314 e. The summed E-state index contributed by atoms with van der Waals surface area (Å²) in [6.45, 7) is 10.5. The number of nitrogens with zero attached hydrogens (tertiary/aromatic N) is 3. The van der Waals surface area contributed by atoms with Gasteiger partial charge in [-0.1, -0.05) is 6.92 Å². The van der Waals surface area contributed by atoms with E-state index in [1.165, 1.54) is 32.5 Å². The average Bonchev–Trinajstić information content (AvgIpc) is 2.96. The molecule has 0 aromatic carbocycles. The first-order valence-electron chi connectivity index (χ1n) is 7.72. The van der Waals surface area contributed by atoms with Gasteiger partial charge in [-0.15, -0.1) is 0 Å². The molecule has 2 rings (SSSR count). The monoisotopic (exact) mass is 264 g/mol. The minimum Gasteiger partial charge on any atom is -0.314 e. The second-order valence-corrected chi connectivity index (χ2v) is 5.64. The van der Waals surface area contributed by atoms with Gasteiger partial charge in [-0.05, 0) is 64.3 Å². The Hall–Kier alpha value is -0.870. The molecule has 0 bridgehead atoms. The highest BCUT2D eigenvalue weighted by Gasteiger charge is 2.22. The maximum atomic E-state index is 4.22. The van der Waals surface area contributed by atoms with E-state index in [9.17, 15) is 0 Å². The minimum atomic E-state index is 0.650. The summed E-state index contributed by atoms with van der Waals surface area (Å²) in [6, 6.07) is 2.63. The molecule has 0 amide bonds. The van der Waals surface area contributed by atoms with E-state index >= 15 is 0 Å².